The minimum Gasteiger partial charge on any atom is -0.279 e. The summed E-state index contributed by atoms with van der Waals surface area (Å²) >= 11 is 0. The summed E-state index contributed by atoms with van der Waals surface area (Å²) in [5.41, 5.74) is 1.73. The fraction of sp³-hybridized carbons (Fsp3) is 0.211. The van der Waals surface area contributed by atoms with E-state index in [2.05, 4.69) is 4.85 Å². The minimum absolute atomic E-state index is 0.288. The Kier molecular flexibility index (Phi) is 3.61. The summed E-state index contributed by atoms with van der Waals surface area (Å²) in [5.74, 6) is -0.288. The lowest BCUT2D eigenvalue weighted by Gasteiger charge is -2.27. The van der Waals surface area contributed by atoms with Gasteiger partial charge in [-0.3, -0.25) is 9.69 Å². The van der Waals surface area contributed by atoms with Crippen molar-refractivity contribution in [2.24, 2.45) is 0 Å². The van der Waals surface area contributed by atoms with E-state index in [4.69, 9.17) is 6.57 Å². The third-order valence-corrected chi connectivity index (χ3v) is 4.20. The van der Waals surface area contributed by atoms with E-state index in [1.54, 1.807) is 38.1 Å². The Hall–Kier alpha value is -3.13. The molecule has 24 heavy (non-hydrogen) atoms. The van der Waals surface area contributed by atoms with Crippen molar-refractivity contribution in [3.05, 3.63) is 65.5 Å². The number of amides is 3. The first-order valence-electron chi connectivity index (χ1n) is 7.59. The molecule has 0 unspecified atom stereocenters. The molecule has 0 atom stereocenters. The Morgan fingerprint density at radius 3 is 2.00 bits per heavy atom. The number of carbonyl (C=O) groups excluding carboxylic acids is 2. The zero-order chi connectivity index (χ0) is 17.5. The molecule has 3 rings (SSSR count). The van der Waals surface area contributed by atoms with Crippen LogP contribution in [0.2, 0.25) is 0 Å². The number of benzene rings is 2. The van der Waals surface area contributed by atoms with Gasteiger partial charge in [-0.05, 0) is 45.0 Å². The van der Waals surface area contributed by atoms with Crippen molar-refractivity contribution in [2.75, 3.05) is 9.80 Å². The van der Waals surface area contributed by atoms with Gasteiger partial charge >= 0.3 is 6.03 Å². The molecule has 1 aliphatic rings. The summed E-state index contributed by atoms with van der Waals surface area (Å²) in [6, 6.07) is 13.6. The fourth-order valence-electron chi connectivity index (χ4n) is 2.83. The van der Waals surface area contributed by atoms with Gasteiger partial charge in [-0.25, -0.2) is 14.5 Å². The average molecular weight is 319 g/mol. The van der Waals surface area contributed by atoms with Crippen LogP contribution in [0.3, 0.4) is 0 Å². The molecule has 0 aliphatic carbocycles. The Labute approximate surface area is 140 Å². The van der Waals surface area contributed by atoms with Gasteiger partial charge in [0, 0.05) is 5.69 Å². The molecule has 0 aromatic heterocycles. The lowest BCUT2D eigenvalue weighted by molar-refractivity contribution is -0.120. The molecule has 0 N–H and O–H groups in total. The van der Waals surface area contributed by atoms with E-state index in [0.717, 1.165) is 5.56 Å². The molecule has 5 heteroatoms. The highest BCUT2D eigenvalue weighted by Crippen LogP contribution is 2.36. The number of nitrogens with zero attached hydrogens (tertiary/aromatic N) is 3. The predicted molar refractivity (Wildman–Crippen MR) is 93.3 cm³/mol. The maximum Gasteiger partial charge on any atom is 0.336 e. The highest BCUT2D eigenvalue weighted by atomic mass is 16.2. The molecule has 2 aromatic rings. The quantitative estimate of drug-likeness (QED) is 0.612. The Morgan fingerprint density at radius 1 is 0.917 bits per heavy atom. The second-order valence-corrected chi connectivity index (χ2v) is 6.28. The number of rotatable bonds is 2. The van der Waals surface area contributed by atoms with E-state index in [1.807, 2.05) is 31.2 Å². The van der Waals surface area contributed by atoms with Crippen molar-refractivity contribution in [2.45, 2.75) is 26.3 Å². The van der Waals surface area contributed by atoms with Crippen molar-refractivity contribution in [1.29, 1.82) is 0 Å². The summed E-state index contributed by atoms with van der Waals surface area (Å²) in [5, 5.41) is 0. The SMILES string of the molecule is [C-]#[N+]c1ccc(N2C(=O)N(c3ccc(C)cc3)C(C)(C)C2=O)cc1. The Balaban J connectivity index is 2.04. The molecular formula is C19H17N3O2. The van der Waals surface area contributed by atoms with E-state index in [-0.39, 0.29) is 11.9 Å². The second-order valence-electron chi connectivity index (χ2n) is 6.28. The van der Waals surface area contributed by atoms with Gasteiger partial charge in [-0.15, -0.1) is 0 Å². The van der Waals surface area contributed by atoms with Crippen LogP contribution >= 0.6 is 0 Å². The van der Waals surface area contributed by atoms with Crippen molar-refractivity contribution in [1.82, 2.24) is 0 Å². The topological polar surface area (TPSA) is 45.0 Å². The zero-order valence-corrected chi connectivity index (χ0v) is 13.8. The van der Waals surface area contributed by atoms with Gasteiger partial charge < -0.3 is 0 Å². The van der Waals surface area contributed by atoms with Gasteiger partial charge in [0.1, 0.15) is 5.54 Å². The molecule has 1 heterocycles. The minimum atomic E-state index is -0.981. The lowest BCUT2D eigenvalue weighted by atomic mass is 10.0. The number of hydrogen-bond acceptors (Lipinski definition) is 2. The normalized spacial score (nSPS) is 16.4. The molecule has 0 bridgehead atoms. The predicted octanol–water partition coefficient (Wildman–Crippen LogP) is 4.30. The van der Waals surface area contributed by atoms with Crippen LogP contribution in [0.25, 0.3) is 4.85 Å². The summed E-state index contributed by atoms with van der Waals surface area (Å²) < 4.78 is 0. The molecule has 1 aliphatic heterocycles. The van der Waals surface area contributed by atoms with Crippen LogP contribution in [0.4, 0.5) is 21.9 Å². The number of carbonyl (C=O) groups is 2. The van der Waals surface area contributed by atoms with Gasteiger partial charge in [0.05, 0.1) is 12.3 Å². The van der Waals surface area contributed by atoms with Gasteiger partial charge in [0.25, 0.3) is 5.91 Å². The monoisotopic (exact) mass is 319 g/mol. The summed E-state index contributed by atoms with van der Waals surface area (Å²) in [4.78, 5) is 31.8. The smallest absolute Gasteiger partial charge is 0.279 e. The number of aryl methyl sites for hydroxylation is 1. The van der Waals surface area contributed by atoms with Crippen LogP contribution in [0, 0.1) is 13.5 Å². The average Bonchev–Trinajstić information content (AvgIpc) is 2.74. The Morgan fingerprint density at radius 2 is 1.46 bits per heavy atom. The maximum absolute atomic E-state index is 12.9. The van der Waals surface area contributed by atoms with Crippen LogP contribution in [0.15, 0.2) is 48.5 Å². The summed E-state index contributed by atoms with van der Waals surface area (Å²) in [7, 11) is 0. The van der Waals surface area contributed by atoms with E-state index >= 15 is 0 Å². The van der Waals surface area contributed by atoms with Crippen LogP contribution in [0.1, 0.15) is 19.4 Å². The largest absolute Gasteiger partial charge is 0.336 e. The molecular weight excluding hydrogens is 302 g/mol. The van der Waals surface area contributed by atoms with E-state index < -0.39 is 5.54 Å². The number of anilines is 2. The van der Waals surface area contributed by atoms with Gasteiger partial charge in [-0.1, -0.05) is 29.8 Å². The molecule has 0 saturated carbocycles. The van der Waals surface area contributed by atoms with Crippen molar-refractivity contribution < 1.29 is 9.59 Å². The van der Waals surface area contributed by atoms with E-state index in [9.17, 15) is 9.59 Å². The highest BCUT2D eigenvalue weighted by molar-refractivity contribution is 6.30. The highest BCUT2D eigenvalue weighted by Gasteiger charge is 2.52. The first-order chi connectivity index (χ1) is 11.4. The van der Waals surface area contributed by atoms with E-state index in [0.29, 0.717) is 17.1 Å². The molecule has 3 amide bonds. The number of imide groups is 1. The molecule has 0 radical (unpaired) electrons. The van der Waals surface area contributed by atoms with Crippen molar-refractivity contribution in [3.63, 3.8) is 0 Å². The molecule has 1 saturated heterocycles. The summed E-state index contributed by atoms with van der Waals surface area (Å²) in [6.07, 6.45) is 0. The van der Waals surface area contributed by atoms with Gasteiger partial charge in [-0.2, -0.15) is 0 Å². The standard InChI is InChI=1S/C19H17N3O2/c1-13-5-9-16(10-6-13)22-18(24)21(17(23)19(22,2)3)15-11-7-14(20-4)8-12-15/h5-12H,1-3H3. The Bertz CT molecular complexity index is 846. The van der Waals surface area contributed by atoms with Crippen molar-refractivity contribution in [3.8, 4) is 0 Å². The number of hydrogen-bond donors (Lipinski definition) is 0. The molecule has 2 aromatic carbocycles. The lowest BCUT2D eigenvalue weighted by Crippen LogP contribution is -2.44. The van der Waals surface area contributed by atoms with E-state index in [1.165, 1.54) is 9.80 Å². The third kappa shape index (κ3) is 2.33. The molecule has 5 nitrogen and oxygen atoms in total. The molecule has 0 spiro atoms. The maximum atomic E-state index is 12.9. The fourth-order valence-corrected chi connectivity index (χ4v) is 2.83. The van der Waals surface area contributed by atoms with Crippen LogP contribution in [0.5, 0.6) is 0 Å². The first-order valence-corrected chi connectivity index (χ1v) is 7.59. The molecule has 120 valence electrons. The van der Waals surface area contributed by atoms with Crippen LogP contribution in [-0.2, 0) is 4.79 Å². The van der Waals surface area contributed by atoms with Gasteiger partial charge in [0.15, 0.2) is 5.69 Å². The van der Waals surface area contributed by atoms with Crippen molar-refractivity contribution >= 4 is 29.0 Å². The van der Waals surface area contributed by atoms with Gasteiger partial charge in [0.2, 0.25) is 0 Å². The summed E-state index contributed by atoms with van der Waals surface area (Å²) in [6.45, 7) is 12.4. The van der Waals surface area contributed by atoms with Crippen LogP contribution in [-0.4, -0.2) is 17.5 Å². The van der Waals surface area contributed by atoms with Crippen LogP contribution < -0.4 is 9.80 Å². The number of urea groups is 1. The third-order valence-electron chi connectivity index (χ3n) is 4.20. The first kappa shape index (κ1) is 15.8. The molecule has 1 fully saturated rings. The zero-order valence-electron chi connectivity index (χ0n) is 13.8. The second kappa shape index (κ2) is 5.50.